The number of amides is 2. The van der Waals surface area contributed by atoms with E-state index in [2.05, 4.69) is 16.3 Å². The van der Waals surface area contributed by atoms with Crippen LogP contribution in [0.25, 0.3) is 0 Å². The number of para-hydroxylation sites is 2. The number of hydrogen-bond acceptors (Lipinski definition) is 4. The van der Waals surface area contributed by atoms with Crippen LogP contribution in [0.5, 0.6) is 5.75 Å². The fourth-order valence-corrected chi connectivity index (χ4v) is 3.68. The topological polar surface area (TPSA) is 61.9 Å². The van der Waals surface area contributed by atoms with E-state index in [9.17, 15) is 9.59 Å². The van der Waals surface area contributed by atoms with E-state index in [4.69, 9.17) is 4.74 Å². The lowest BCUT2D eigenvalue weighted by molar-refractivity contribution is -0.132. The summed E-state index contributed by atoms with van der Waals surface area (Å²) >= 11 is 0. The van der Waals surface area contributed by atoms with E-state index in [1.165, 1.54) is 6.92 Å². The third kappa shape index (κ3) is 5.50. The largest absolute Gasteiger partial charge is 0.492 e. The van der Waals surface area contributed by atoms with Crippen molar-refractivity contribution in [1.29, 1.82) is 0 Å². The van der Waals surface area contributed by atoms with Gasteiger partial charge in [-0.2, -0.15) is 0 Å². The first-order chi connectivity index (χ1) is 14.1. The minimum Gasteiger partial charge on any atom is -0.492 e. The summed E-state index contributed by atoms with van der Waals surface area (Å²) in [5.74, 6) is 0.805. The number of nitrogens with zero attached hydrogens (tertiary/aromatic N) is 2. The zero-order valence-electron chi connectivity index (χ0n) is 17.1. The molecule has 1 N–H and O–H groups in total. The van der Waals surface area contributed by atoms with Crippen molar-refractivity contribution in [2.45, 2.75) is 26.3 Å². The molecule has 1 saturated heterocycles. The van der Waals surface area contributed by atoms with Gasteiger partial charge in [-0.15, -0.1) is 0 Å². The molecular formula is C23H29N3O3. The van der Waals surface area contributed by atoms with Crippen LogP contribution in [0.15, 0.2) is 54.6 Å². The maximum Gasteiger partial charge on any atom is 0.225 e. The summed E-state index contributed by atoms with van der Waals surface area (Å²) in [5.41, 5.74) is 2.02. The van der Waals surface area contributed by atoms with Crippen molar-refractivity contribution >= 4 is 17.5 Å². The first kappa shape index (κ1) is 20.7. The third-order valence-corrected chi connectivity index (χ3v) is 5.10. The van der Waals surface area contributed by atoms with Crippen molar-refractivity contribution in [2.75, 3.05) is 37.7 Å². The Balaban J connectivity index is 1.61. The summed E-state index contributed by atoms with van der Waals surface area (Å²) in [6.07, 6.45) is 0.263. The van der Waals surface area contributed by atoms with Gasteiger partial charge in [-0.25, -0.2) is 0 Å². The van der Waals surface area contributed by atoms with Gasteiger partial charge in [0.05, 0.1) is 24.8 Å². The van der Waals surface area contributed by atoms with Crippen LogP contribution in [-0.2, 0) is 9.59 Å². The summed E-state index contributed by atoms with van der Waals surface area (Å²) in [6.45, 7) is 6.90. The first-order valence-corrected chi connectivity index (χ1v) is 10.1. The van der Waals surface area contributed by atoms with Gasteiger partial charge < -0.3 is 19.9 Å². The average Bonchev–Trinajstić information content (AvgIpc) is 2.74. The molecule has 0 saturated carbocycles. The number of carbonyl (C=O) groups excluding carboxylic acids is 2. The van der Waals surface area contributed by atoms with Gasteiger partial charge in [-0.05, 0) is 24.6 Å². The molecule has 29 heavy (non-hydrogen) atoms. The lowest BCUT2D eigenvalue weighted by Gasteiger charge is -2.37. The Hall–Kier alpha value is -3.02. The Morgan fingerprint density at radius 1 is 1.00 bits per heavy atom. The van der Waals surface area contributed by atoms with Crippen molar-refractivity contribution in [2.24, 2.45) is 0 Å². The lowest BCUT2D eigenvalue weighted by atomic mass is 10.0. The molecule has 0 bridgehead atoms. The van der Waals surface area contributed by atoms with Gasteiger partial charge in [0.2, 0.25) is 11.8 Å². The van der Waals surface area contributed by atoms with Gasteiger partial charge in [0.15, 0.2) is 0 Å². The Labute approximate surface area is 172 Å². The minimum absolute atomic E-state index is 0.0605. The predicted molar refractivity (Wildman–Crippen MR) is 114 cm³/mol. The Morgan fingerprint density at radius 2 is 1.66 bits per heavy atom. The molecule has 0 spiro atoms. The fourth-order valence-electron chi connectivity index (χ4n) is 3.68. The number of anilines is 1. The number of piperazine rings is 1. The number of rotatable bonds is 7. The highest BCUT2D eigenvalue weighted by Crippen LogP contribution is 2.29. The van der Waals surface area contributed by atoms with E-state index in [0.29, 0.717) is 19.7 Å². The van der Waals surface area contributed by atoms with E-state index in [0.717, 1.165) is 30.1 Å². The number of benzene rings is 2. The standard InChI is InChI=1S/C23H29N3O3/c1-3-29-22-12-8-7-11-21(22)25-13-15-26(16-14-25)23(28)17-20(24-18(2)27)19-9-5-4-6-10-19/h4-12,20H,3,13-17H2,1-2H3,(H,24,27). The molecule has 0 aliphatic carbocycles. The van der Waals surface area contributed by atoms with Crippen LogP contribution in [0.4, 0.5) is 5.69 Å². The highest BCUT2D eigenvalue weighted by Gasteiger charge is 2.25. The molecule has 3 rings (SSSR count). The average molecular weight is 396 g/mol. The van der Waals surface area contributed by atoms with Gasteiger partial charge in [-0.1, -0.05) is 42.5 Å². The summed E-state index contributed by atoms with van der Waals surface area (Å²) in [5, 5.41) is 2.91. The normalized spacial score (nSPS) is 15.0. The maximum absolute atomic E-state index is 12.9. The smallest absolute Gasteiger partial charge is 0.225 e. The van der Waals surface area contributed by atoms with Crippen molar-refractivity contribution in [3.05, 3.63) is 60.2 Å². The molecule has 1 heterocycles. The molecule has 1 aliphatic rings. The number of hydrogen-bond donors (Lipinski definition) is 1. The van der Waals surface area contributed by atoms with E-state index in [1.54, 1.807) is 0 Å². The molecule has 1 atom stereocenters. The van der Waals surface area contributed by atoms with Crippen LogP contribution in [0.2, 0.25) is 0 Å². The molecule has 0 aromatic heterocycles. The maximum atomic E-state index is 12.9. The molecule has 1 unspecified atom stereocenters. The molecule has 1 fully saturated rings. The summed E-state index contributed by atoms with van der Waals surface area (Å²) in [4.78, 5) is 28.7. The number of ether oxygens (including phenoxy) is 1. The van der Waals surface area contributed by atoms with Crippen molar-refractivity contribution in [3.63, 3.8) is 0 Å². The second kappa shape index (κ2) is 9.96. The first-order valence-electron chi connectivity index (χ1n) is 10.1. The number of nitrogens with one attached hydrogen (secondary N) is 1. The summed E-state index contributed by atoms with van der Waals surface area (Å²) in [6, 6.07) is 17.4. The van der Waals surface area contributed by atoms with E-state index < -0.39 is 0 Å². The van der Waals surface area contributed by atoms with Crippen molar-refractivity contribution in [3.8, 4) is 5.75 Å². The second-order valence-electron chi connectivity index (χ2n) is 7.14. The van der Waals surface area contributed by atoms with Crippen LogP contribution in [0.3, 0.4) is 0 Å². The molecule has 154 valence electrons. The van der Waals surface area contributed by atoms with Crippen LogP contribution in [0.1, 0.15) is 31.9 Å². The van der Waals surface area contributed by atoms with Gasteiger partial charge in [-0.3, -0.25) is 9.59 Å². The highest BCUT2D eigenvalue weighted by atomic mass is 16.5. The summed E-state index contributed by atoms with van der Waals surface area (Å²) in [7, 11) is 0. The Morgan fingerprint density at radius 3 is 2.31 bits per heavy atom. The van der Waals surface area contributed by atoms with Gasteiger partial charge in [0.1, 0.15) is 5.75 Å². The quantitative estimate of drug-likeness (QED) is 0.783. The molecule has 1 aliphatic heterocycles. The summed E-state index contributed by atoms with van der Waals surface area (Å²) < 4.78 is 5.74. The van der Waals surface area contributed by atoms with Crippen molar-refractivity contribution in [1.82, 2.24) is 10.2 Å². The molecule has 6 nitrogen and oxygen atoms in total. The minimum atomic E-state index is -0.307. The van der Waals surface area contributed by atoms with Gasteiger partial charge >= 0.3 is 0 Å². The molecule has 6 heteroatoms. The Kier molecular flexibility index (Phi) is 7.11. The number of carbonyl (C=O) groups is 2. The van der Waals surface area contributed by atoms with Crippen LogP contribution in [0, 0.1) is 0 Å². The third-order valence-electron chi connectivity index (χ3n) is 5.10. The predicted octanol–water partition coefficient (Wildman–Crippen LogP) is 3.00. The van der Waals surface area contributed by atoms with Gasteiger partial charge in [0.25, 0.3) is 0 Å². The molecule has 2 aromatic carbocycles. The SMILES string of the molecule is CCOc1ccccc1N1CCN(C(=O)CC(NC(C)=O)c2ccccc2)CC1. The van der Waals surface area contributed by atoms with E-state index >= 15 is 0 Å². The lowest BCUT2D eigenvalue weighted by Crippen LogP contribution is -2.49. The second-order valence-corrected chi connectivity index (χ2v) is 7.14. The fraction of sp³-hybridized carbons (Fsp3) is 0.391. The van der Waals surface area contributed by atoms with Crippen molar-refractivity contribution < 1.29 is 14.3 Å². The monoisotopic (exact) mass is 395 g/mol. The van der Waals surface area contributed by atoms with Crippen LogP contribution < -0.4 is 15.0 Å². The zero-order chi connectivity index (χ0) is 20.6. The zero-order valence-corrected chi connectivity index (χ0v) is 17.1. The van der Waals surface area contributed by atoms with Gasteiger partial charge in [0, 0.05) is 33.1 Å². The van der Waals surface area contributed by atoms with E-state index in [1.807, 2.05) is 60.4 Å². The molecular weight excluding hydrogens is 366 g/mol. The molecule has 2 aromatic rings. The molecule has 0 radical (unpaired) electrons. The van der Waals surface area contributed by atoms with Crippen LogP contribution in [-0.4, -0.2) is 49.5 Å². The Bertz CT molecular complexity index is 817. The van der Waals surface area contributed by atoms with Crippen LogP contribution >= 0.6 is 0 Å². The molecule has 2 amide bonds. The highest BCUT2D eigenvalue weighted by molar-refractivity contribution is 5.79. The van der Waals surface area contributed by atoms with E-state index in [-0.39, 0.29) is 24.3 Å².